The third-order valence-electron chi connectivity index (χ3n) is 6.09. The van der Waals surface area contributed by atoms with Gasteiger partial charge in [-0.15, -0.1) is 10.2 Å². The van der Waals surface area contributed by atoms with Crippen molar-refractivity contribution < 1.29 is 32.3 Å². The number of piperazine rings is 1. The first-order chi connectivity index (χ1) is 18.3. The number of halogens is 3. The average molecular weight is 529 g/mol. The second-order valence-electron chi connectivity index (χ2n) is 8.53. The number of aliphatic hydroxyl groups is 1. The molecule has 0 bridgehead atoms. The van der Waals surface area contributed by atoms with Gasteiger partial charge >= 0.3 is 12.5 Å². The molecule has 3 aromatic heterocycles. The van der Waals surface area contributed by atoms with Gasteiger partial charge in [0, 0.05) is 49.8 Å². The van der Waals surface area contributed by atoms with Crippen LogP contribution in [-0.2, 0) is 11.3 Å². The van der Waals surface area contributed by atoms with E-state index in [1.54, 1.807) is 39.9 Å². The highest BCUT2D eigenvalue weighted by Gasteiger charge is 2.28. The number of anilines is 1. The highest BCUT2D eigenvalue weighted by molar-refractivity contribution is 5.92. The molecule has 1 saturated heterocycles. The molecular weight excluding hydrogens is 507 g/mol. The van der Waals surface area contributed by atoms with Gasteiger partial charge < -0.3 is 23.7 Å². The maximum absolute atomic E-state index is 14.1. The molecule has 11 nitrogen and oxygen atoms in total. The monoisotopic (exact) mass is 529 g/mol. The molecule has 0 spiro atoms. The summed E-state index contributed by atoms with van der Waals surface area (Å²) < 4.78 is 46.4. The van der Waals surface area contributed by atoms with Gasteiger partial charge in [-0.25, -0.2) is 14.2 Å². The number of carbonyl (C=O) groups is 2. The fourth-order valence-corrected chi connectivity index (χ4v) is 4.18. The van der Waals surface area contributed by atoms with Crippen molar-refractivity contribution >= 4 is 23.3 Å². The Kier molecular flexibility index (Phi) is 6.96. The van der Waals surface area contributed by atoms with Gasteiger partial charge in [0.05, 0.1) is 12.2 Å². The third kappa shape index (κ3) is 5.16. The van der Waals surface area contributed by atoms with Crippen molar-refractivity contribution in [2.75, 3.05) is 37.7 Å². The first-order valence-electron chi connectivity index (χ1n) is 11.6. The van der Waals surface area contributed by atoms with Crippen LogP contribution in [0.3, 0.4) is 0 Å². The zero-order chi connectivity index (χ0) is 26.8. The quantitative estimate of drug-likeness (QED) is 0.408. The number of nitrogens with zero attached hydrogens (tertiary/aromatic N) is 7. The van der Waals surface area contributed by atoms with Crippen LogP contribution in [0.4, 0.5) is 23.7 Å². The molecule has 0 radical (unpaired) electrons. The molecule has 3 amide bonds. The standard InChI is InChI=1S/C24H22F3N7O4/c25-16-2-1-3-18(11-16)34(24(37)32-8-6-31(7-9-32)20(36)14-35)13-17-12-33-5-4-15(10-19(33)28-17)22-29-30-23(38-22)21(26)27/h1-5,10-12,21,35H,6-9,13-14H2. The normalized spacial score (nSPS) is 13.9. The van der Waals surface area contributed by atoms with Crippen molar-refractivity contribution in [1.82, 2.24) is 29.4 Å². The number of carbonyl (C=O) groups excluding carboxylic acids is 2. The van der Waals surface area contributed by atoms with Crippen molar-refractivity contribution in [3.63, 3.8) is 0 Å². The first-order valence-corrected chi connectivity index (χ1v) is 11.6. The van der Waals surface area contributed by atoms with Gasteiger partial charge in [0.1, 0.15) is 18.1 Å². The predicted molar refractivity (Wildman–Crippen MR) is 127 cm³/mol. The van der Waals surface area contributed by atoms with Crippen LogP contribution in [0.25, 0.3) is 17.1 Å². The molecule has 0 saturated carbocycles. The molecule has 1 aliphatic rings. The van der Waals surface area contributed by atoms with Gasteiger partial charge in [0.15, 0.2) is 0 Å². The number of aliphatic hydroxyl groups excluding tert-OH is 1. The fourth-order valence-electron chi connectivity index (χ4n) is 4.18. The van der Waals surface area contributed by atoms with Crippen LogP contribution in [0.15, 0.2) is 53.2 Å². The summed E-state index contributed by atoms with van der Waals surface area (Å²) in [6.07, 6.45) is 0.441. The molecule has 0 aliphatic carbocycles. The van der Waals surface area contributed by atoms with Gasteiger partial charge in [0.2, 0.25) is 11.8 Å². The van der Waals surface area contributed by atoms with E-state index in [9.17, 15) is 22.8 Å². The summed E-state index contributed by atoms with van der Waals surface area (Å²) in [5.41, 5.74) is 1.64. The largest absolute Gasteiger partial charge is 0.415 e. The number of urea groups is 1. The molecule has 4 aromatic rings. The Bertz CT molecular complexity index is 1470. The van der Waals surface area contributed by atoms with Gasteiger partial charge in [0.25, 0.3) is 5.89 Å². The maximum Gasteiger partial charge on any atom is 0.324 e. The van der Waals surface area contributed by atoms with E-state index in [0.717, 1.165) is 0 Å². The van der Waals surface area contributed by atoms with E-state index in [1.165, 1.54) is 28.0 Å². The van der Waals surface area contributed by atoms with Crippen molar-refractivity contribution in [1.29, 1.82) is 0 Å². The summed E-state index contributed by atoms with van der Waals surface area (Å²) in [5, 5.41) is 16.1. The van der Waals surface area contributed by atoms with Crippen molar-refractivity contribution in [2.45, 2.75) is 13.0 Å². The molecule has 4 heterocycles. The second kappa shape index (κ2) is 10.5. The molecule has 1 aliphatic heterocycles. The molecule has 1 fully saturated rings. The summed E-state index contributed by atoms with van der Waals surface area (Å²) >= 11 is 0. The lowest BCUT2D eigenvalue weighted by Crippen LogP contribution is -2.54. The second-order valence-corrected chi connectivity index (χ2v) is 8.53. The lowest BCUT2D eigenvalue weighted by atomic mass is 10.2. The molecule has 1 N–H and O–H groups in total. The molecule has 5 rings (SSSR count). The van der Waals surface area contributed by atoms with Crippen molar-refractivity contribution in [3.8, 4) is 11.5 Å². The Morgan fingerprint density at radius 1 is 1.08 bits per heavy atom. The lowest BCUT2D eigenvalue weighted by Gasteiger charge is -2.37. The number of amides is 3. The minimum atomic E-state index is -2.89. The van der Waals surface area contributed by atoms with Crippen LogP contribution in [0.5, 0.6) is 0 Å². The zero-order valence-corrected chi connectivity index (χ0v) is 19.9. The highest BCUT2D eigenvalue weighted by Crippen LogP contribution is 2.25. The predicted octanol–water partition coefficient (Wildman–Crippen LogP) is 2.72. The fraction of sp³-hybridized carbons (Fsp3) is 0.292. The first kappa shape index (κ1) is 25.2. The number of alkyl halides is 2. The van der Waals surface area contributed by atoms with Gasteiger partial charge in [-0.2, -0.15) is 8.78 Å². The Morgan fingerprint density at radius 2 is 1.84 bits per heavy atom. The summed E-state index contributed by atoms with van der Waals surface area (Å²) in [6, 6.07) is 8.41. The van der Waals surface area contributed by atoms with Crippen LogP contribution < -0.4 is 4.90 Å². The summed E-state index contributed by atoms with van der Waals surface area (Å²) in [5.74, 6) is -1.78. The number of pyridine rings is 1. The molecular formula is C24H22F3N7O4. The molecule has 1 aromatic carbocycles. The summed E-state index contributed by atoms with van der Waals surface area (Å²) in [7, 11) is 0. The topological polar surface area (TPSA) is 120 Å². The van der Waals surface area contributed by atoms with E-state index in [-0.39, 0.29) is 38.6 Å². The summed E-state index contributed by atoms with van der Waals surface area (Å²) in [6.45, 7) is 0.430. The van der Waals surface area contributed by atoms with Crippen LogP contribution in [0.1, 0.15) is 18.0 Å². The van der Waals surface area contributed by atoms with E-state index in [2.05, 4.69) is 15.2 Å². The number of hydrogen-bond acceptors (Lipinski definition) is 7. The van der Waals surface area contributed by atoms with Gasteiger partial charge in [-0.05, 0) is 30.3 Å². The van der Waals surface area contributed by atoms with Crippen LogP contribution >= 0.6 is 0 Å². The SMILES string of the molecule is O=C(CO)N1CCN(C(=O)N(Cc2cn3ccc(-c4nnc(C(F)F)o4)cc3n2)c2cccc(F)c2)CC1. The van der Waals surface area contributed by atoms with E-state index in [0.29, 0.717) is 22.6 Å². The van der Waals surface area contributed by atoms with Gasteiger partial charge in [-0.3, -0.25) is 9.69 Å². The maximum atomic E-state index is 14.1. The minimum absolute atomic E-state index is 0.00513. The Balaban J connectivity index is 1.39. The number of imidazole rings is 1. The smallest absolute Gasteiger partial charge is 0.324 e. The zero-order valence-electron chi connectivity index (χ0n) is 19.9. The van der Waals surface area contributed by atoms with Crippen molar-refractivity contribution in [3.05, 3.63) is 66.2 Å². The van der Waals surface area contributed by atoms with Crippen LogP contribution in [0, 0.1) is 5.82 Å². The number of hydrogen-bond donors (Lipinski definition) is 1. The lowest BCUT2D eigenvalue weighted by molar-refractivity contribution is -0.135. The number of fused-ring (bicyclic) bond motifs is 1. The molecule has 198 valence electrons. The minimum Gasteiger partial charge on any atom is -0.415 e. The van der Waals surface area contributed by atoms with Crippen LogP contribution in [-0.4, -0.2) is 79.2 Å². The van der Waals surface area contributed by atoms with Gasteiger partial charge in [-0.1, -0.05) is 6.07 Å². The Morgan fingerprint density at radius 3 is 2.53 bits per heavy atom. The Hall–Kier alpha value is -4.46. The summed E-state index contributed by atoms with van der Waals surface area (Å²) in [4.78, 5) is 34.3. The molecule has 0 unspecified atom stereocenters. The molecule has 0 atom stereocenters. The van der Waals surface area contributed by atoms with E-state index >= 15 is 0 Å². The Labute approximate surface area is 213 Å². The van der Waals surface area contributed by atoms with E-state index in [4.69, 9.17) is 9.52 Å². The van der Waals surface area contributed by atoms with Crippen LogP contribution in [0.2, 0.25) is 0 Å². The molecule has 14 heteroatoms. The number of rotatable bonds is 6. The average Bonchev–Trinajstić information content (AvgIpc) is 3.58. The van der Waals surface area contributed by atoms with E-state index < -0.39 is 36.7 Å². The number of aromatic nitrogens is 4. The van der Waals surface area contributed by atoms with Crippen molar-refractivity contribution in [2.24, 2.45) is 0 Å². The highest BCUT2D eigenvalue weighted by atomic mass is 19.3. The number of benzene rings is 1. The van der Waals surface area contributed by atoms with E-state index in [1.807, 2.05) is 0 Å². The molecule has 38 heavy (non-hydrogen) atoms. The third-order valence-corrected chi connectivity index (χ3v) is 6.09.